The monoisotopic (exact) mass is 394 g/mol. The van der Waals surface area contributed by atoms with Crippen molar-refractivity contribution in [1.29, 1.82) is 0 Å². The quantitative estimate of drug-likeness (QED) is 0.625. The van der Waals surface area contributed by atoms with Crippen LogP contribution in [0, 0.1) is 12.7 Å². The van der Waals surface area contributed by atoms with Gasteiger partial charge >= 0.3 is 0 Å². The molecular weight excluding hydrogens is 367 g/mol. The standard InChI is InChI=1S/C24H27FN2O2/c1-13(12-28)18(24(3,4)29)9-21-23-17(11-27(21)5)16-8-6-7-15-14(2)19(25)10-20(26-23)22(15)16/h9-10,12,29H,6-8,11H2,1-5H3/b18-13+,21-9-. The van der Waals surface area contributed by atoms with Gasteiger partial charge in [-0.2, -0.15) is 0 Å². The lowest BCUT2D eigenvalue weighted by atomic mass is 9.85. The Morgan fingerprint density at radius 3 is 2.62 bits per heavy atom. The second kappa shape index (κ2) is 6.77. The summed E-state index contributed by atoms with van der Waals surface area (Å²) in [6, 6.07) is 1.54. The van der Waals surface area contributed by atoms with Crippen LogP contribution in [0.4, 0.5) is 4.39 Å². The van der Waals surface area contributed by atoms with E-state index in [2.05, 4.69) is 4.90 Å². The predicted octanol–water partition coefficient (Wildman–Crippen LogP) is 4.24. The molecule has 1 aromatic heterocycles. The van der Waals surface area contributed by atoms with Crippen LogP contribution < -0.4 is 0 Å². The highest BCUT2D eigenvalue weighted by Crippen LogP contribution is 2.42. The number of hydrogen-bond acceptors (Lipinski definition) is 4. The van der Waals surface area contributed by atoms with Crippen molar-refractivity contribution in [1.82, 2.24) is 9.88 Å². The second-order valence-corrected chi connectivity index (χ2v) is 8.79. The maximum atomic E-state index is 14.6. The molecule has 0 amide bonds. The van der Waals surface area contributed by atoms with Crippen LogP contribution in [0.3, 0.4) is 0 Å². The van der Waals surface area contributed by atoms with Crippen LogP contribution in [-0.2, 0) is 24.2 Å². The van der Waals surface area contributed by atoms with Crippen LogP contribution in [0.1, 0.15) is 55.1 Å². The van der Waals surface area contributed by atoms with Crippen LogP contribution in [0.5, 0.6) is 0 Å². The fourth-order valence-electron chi connectivity index (χ4n) is 4.76. The van der Waals surface area contributed by atoms with Gasteiger partial charge in [-0.15, -0.1) is 0 Å². The molecule has 1 aliphatic carbocycles. The first-order chi connectivity index (χ1) is 13.6. The van der Waals surface area contributed by atoms with E-state index in [9.17, 15) is 14.3 Å². The molecule has 0 spiro atoms. The fraction of sp³-hybridized carbons (Fsp3) is 0.417. The Balaban J connectivity index is 2.01. The van der Waals surface area contributed by atoms with Gasteiger partial charge in [0.1, 0.15) is 12.1 Å². The number of hydrogen-bond donors (Lipinski definition) is 1. The van der Waals surface area contributed by atoms with E-state index < -0.39 is 5.60 Å². The van der Waals surface area contributed by atoms with Gasteiger partial charge in [0.15, 0.2) is 0 Å². The molecule has 152 valence electrons. The van der Waals surface area contributed by atoms with Crippen molar-refractivity contribution >= 4 is 22.9 Å². The summed E-state index contributed by atoms with van der Waals surface area (Å²) in [6.45, 7) is 7.62. The molecule has 4 nitrogen and oxygen atoms in total. The topological polar surface area (TPSA) is 53.4 Å². The van der Waals surface area contributed by atoms with Crippen molar-refractivity contribution in [2.24, 2.45) is 0 Å². The third-order valence-electron chi connectivity index (χ3n) is 6.26. The third-order valence-corrected chi connectivity index (χ3v) is 6.26. The first-order valence-electron chi connectivity index (χ1n) is 10.1. The van der Waals surface area contributed by atoms with E-state index in [0.717, 1.165) is 53.5 Å². The number of benzene rings is 1. The average Bonchev–Trinajstić information content (AvgIpc) is 2.98. The third kappa shape index (κ3) is 3.08. The SMILES string of the molecule is C/C(C=O)=C(/C=C1/c2nc3cc(F)c(C)c4c3c(c2CN1C)CCC4)C(C)(C)O. The smallest absolute Gasteiger partial charge is 0.146 e. The number of aliphatic hydroxyl groups is 1. The number of halogens is 1. The van der Waals surface area contributed by atoms with Crippen molar-refractivity contribution in [2.75, 3.05) is 7.05 Å². The molecule has 2 aliphatic rings. The lowest BCUT2D eigenvalue weighted by Crippen LogP contribution is -2.23. The number of nitrogens with zero attached hydrogens (tertiary/aromatic N) is 2. The highest BCUT2D eigenvalue weighted by Gasteiger charge is 2.31. The van der Waals surface area contributed by atoms with Gasteiger partial charge in [0.05, 0.1) is 22.5 Å². The van der Waals surface area contributed by atoms with Gasteiger partial charge in [-0.05, 0) is 80.9 Å². The molecule has 5 heteroatoms. The molecule has 0 bridgehead atoms. The Bertz CT molecular complexity index is 1110. The molecule has 0 radical (unpaired) electrons. The predicted molar refractivity (Wildman–Crippen MR) is 113 cm³/mol. The van der Waals surface area contributed by atoms with E-state index >= 15 is 0 Å². The summed E-state index contributed by atoms with van der Waals surface area (Å²) < 4.78 is 14.6. The van der Waals surface area contributed by atoms with E-state index in [-0.39, 0.29) is 5.82 Å². The Labute approximate surface area is 170 Å². The number of allylic oxidation sites excluding steroid dienone is 1. The average molecular weight is 394 g/mol. The summed E-state index contributed by atoms with van der Waals surface area (Å²) in [5, 5.41) is 11.7. The van der Waals surface area contributed by atoms with Crippen molar-refractivity contribution < 1.29 is 14.3 Å². The van der Waals surface area contributed by atoms with Gasteiger partial charge in [-0.1, -0.05) is 0 Å². The van der Waals surface area contributed by atoms with Gasteiger partial charge in [-0.25, -0.2) is 9.37 Å². The lowest BCUT2D eigenvalue weighted by molar-refractivity contribution is -0.105. The van der Waals surface area contributed by atoms with E-state index in [0.29, 0.717) is 23.2 Å². The van der Waals surface area contributed by atoms with E-state index in [4.69, 9.17) is 4.98 Å². The highest BCUT2D eigenvalue weighted by molar-refractivity contribution is 5.92. The largest absolute Gasteiger partial charge is 0.386 e. The molecule has 1 aliphatic heterocycles. The van der Waals surface area contributed by atoms with Gasteiger partial charge in [0, 0.05) is 30.6 Å². The van der Waals surface area contributed by atoms with Crippen molar-refractivity contribution in [3.63, 3.8) is 0 Å². The molecule has 2 aromatic rings. The number of carbonyl (C=O) groups excluding carboxylic acids is 1. The van der Waals surface area contributed by atoms with Crippen LogP contribution in [0.2, 0.25) is 0 Å². The van der Waals surface area contributed by atoms with Crippen molar-refractivity contribution in [2.45, 2.75) is 59.1 Å². The summed E-state index contributed by atoms with van der Waals surface area (Å²) in [4.78, 5) is 18.4. The first kappa shape index (κ1) is 19.8. The Morgan fingerprint density at radius 1 is 1.28 bits per heavy atom. The van der Waals surface area contributed by atoms with Gasteiger partial charge in [0.2, 0.25) is 0 Å². The summed E-state index contributed by atoms with van der Waals surface area (Å²) >= 11 is 0. The molecule has 1 aromatic carbocycles. The number of fused-ring (bicyclic) bond motifs is 2. The minimum absolute atomic E-state index is 0.210. The van der Waals surface area contributed by atoms with Crippen LogP contribution in [0.25, 0.3) is 16.6 Å². The number of carbonyl (C=O) groups is 1. The molecule has 0 fully saturated rings. The summed E-state index contributed by atoms with van der Waals surface area (Å²) in [5.41, 5.74) is 6.52. The Kier molecular flexibility index (Phi) is 4.61. The lowest BCUT2D eigenvalue weighted by Gasteiger charge is -2.23. The molecule has 29 heavy (non-hydrogen) atoms. The normalized spacial score (nSPS) is 18.3. The zero-order valence-corrected chi connectivity index (χ0v) is 17.7. The zero-order chi connectivity index (χ0) is 21.1. The van der Waals surface area contributed by atoms with Crippen LogP contribution in [0.15, 0.2) is 23.3 Å². The Morgan fingerprint density at radius 2 is 1.97 bits per heavy atom. The highest BCUT2D eigenvalue weighted by atomic mass is 19.1. The molecule has 1 N–H and O–H groups in total. The summed E-state index contributed by atoms with van der Waals surface area (Å²) in [5.74, 6) is -0.210. The minimum Gasteiger partial charge on any atom is -0.386 e. The number of aromatic nitrogens is 1. The number of aldehydes is 1. The molecular formula is C24H27FN2O2. The fourth-order valence-corrected chi connectivity index (χ4v) is 4.76. The van der Waals surface area contributed by atoms with Crippen LogP contribution >= 0.6 is 0 Å². The molecule has 0 saturated carbocycles. The second-order valence-electron chi connectivity index (χ2n) is 8.79. The van der Waals surface area contributed by atoms with E-state index in [1.54, 1.807) is 26.8 Å². The zero-order valence-electron chi connectivity index (χ0n) is 17.7. The Hall–Kier alpha value is -2.53. The van der Waals surface area contributed by atoms with Crippen molar-refractivity contribution in [3.05, 3.63) is 57.1 Å². The first-order valence-corrected chi connectivity index (χ1v) is 10.1. The summed E-state index contributed by atoms with van der Waals surface area (Å²) in [6.07, 6.45) is 5.47. The van der Waals surface area contributed by atoms with Gasteiger partial charge in [-0.3, -0.25) is 4.79 Å². The van der Waals surface area contributed by atoms with E-state index in [1.807, 2.05) is 20.0 Å². The molecule has 0 atom stereocenters. The van der Waals surface area contributed by atoms with Gasteiger partial charge in [0.25, 0.3) is 0 Å². The van der Waals surface area contributed by atoms with Gasteiger partial charge < -0.3 is 10.0 Å². The molecule has 0 saturated heterocycles. The number of aryl methyl sites for hydroxylation is 2. The molecule has 0 unspecified atom stereocenters. The van der Waals surface area contributed by atoms with Crippen LogP contribution in [-0.4, -0.2) is 33.9 Å². The summed E-state index contributed by atoms with van der Waals surface area (Å²) in [7, 11) is 1.98. The van der Waals surface area contributed by atoms with Crippen molar-refractivity contribution in [3.8, 4) is 0 Å². The molecule has 4 rings (SSSR count). The number of pyridine rings is 1. The molecule has 2 heterocycles. The minimum atomic E-state index is -1.16. The van der Waals surface area contributed by atoms with E-state index in [1.165, 1.54) is 11.1 Å². The number of rotatable bonds is 3. The maximum Gasteiger partial charge on any atom is 0.146 e. The maximum absolute atomic E-state index is 14.6.